The van der Waals surface area contributed by atoms with E-state index in [-0.39, 0.29) is 5.91 Å². The lowest BCUT2D eigenvalue weighted by Crippen LogP contribution is -2.31. The minimum absolute atomic E-state index is 0.148. The highest BCUT2D eigenvalue weighted by atomic mass is 16.7. The van der Waals surface area contributed by atoms with Crippen molar-refractivity contribution in [3.63, 3.8) is 0 Å². The van der Waals surface area contributed by atoms with Crippen molar-refractivity contribution < 1.29 is 9.63 Å². The Morgan fingerprint density at radius 2 is 1.93 bits per heavy atom. The van der Waals surface area contributed by atoms with E-state index < -0.39 is 0 Å². The van der Waals surface area contributed by atoms with E-state index in [0.717, 1.165) is 32.6 Å². The van der Waals surface area contributed by atoms with E-state index in [1.165, 1.54) is 17.9 Å². The number of carbonyl (C=O) groups excluding carboxylic acids is 1. The summed E-state index contributed by atoms with van der Waals surface area (Å²) in [6, 6.07) is 0. The Labute approximate surface area is 84.8 Å². The van der Waals surface area contributed by atoms with Gasteiger partial charge in [0.15, 0.2) is 0 Å². The fraction of sp³-hybridized carbons (Fsp3) is 0.900. The molecule has 0 aromatic rings. The van der Waals surface area contributed by atoms with Crippen molar-refractivity contribution in [2.45, 2.75) is 25.7 Å². The van der Waals surface area contributed by atoms with E-state index in [0.29, 0.717) is 13.0 Å². The van der Waals surface area contributed by atoms with Crippen LogP contribution in [0, 0.1) is 0 Å². The van der Waals surface area contributed by atoms with E-state index in [1.54, 1.807) is 0 Å². The molecule has 4 heteroatoms. The largest absolute Gasteiger partial charge is 0.303 e. The van der Waals surface area contributed by atoms with Gasteiger partial charge in [-0.25, -0.2) is 5.06 Å². The molecule has 4 nitrogen and oxygen atoms in total. The van der Waals surface area contributed by atoms with Gasteiger partial charge < -0.3 is 4.90 Å². The molecule has 14 heavy (non-hydrogen) atoms. The maximum absolute atomic E-state index is 11.6. The molecule has 0 atom stereocenters. The minimum Gasteiger partial charge on any atom is -0.303 e. The van der Waals surface area contributed by atoms with Gasteiger partial charge in [-0.2, -0.15) is 0 Å². The van der Waals surface area contributed by atoms with Crippen LogP contribution in [0.1, 0.15) is 25.7 Å². The Hall–Kier alpha value is -0.610. The highest BCUT2D eigenvalue weighted by Gasteiger charge is 2.20. The van der Waals surface area contributed by atoms with Crippen LogP contribution in [0.2, 0.25) is 0 Å². The van der Waals surface area contributed by atoms with Crippen LogP contribution in [0.5, 0.6) is 0 Å². The molecule has 0 unspecified atom stereocenters. The first-order chi connectivity index (χ1) is 6.86. The van der Waals surface area contributed by atoms with Gasteiger partial charge in [-0.3, -0.25) is 9.63 Å². The molecule has 0 radical (unpaired) electrons. The van der Waals surface area contributed by atoms with Crippen molar-refractivity contribution in [3.8, 4) is 0 Å². The Balaban J connectivity index is 1.66. The van der Waals surface area contributed by atoms with Crippen LogP contribution in [0.25, 0.3) is 0 Å². The molecular formula is C10H18N2O2. The molecule has 0 bridgehead atoms. The molecular weight excluding hydrogens is 180 g/mol. The van der Waals surface area contributed by atoms with Gasteiger partial charge in [0.25, 0.3) is 0 Å². The summed E-state index contributed by atoms with van der Waals surface area (Å²) in [5.41, 5.74) is 0. The quantitative estimate of drug-likeness (QED) is 0.667. The van der Waals surface area contributed by atoms with Gasteiger partial charge in [-0.05, 0) is 32.4 Å². The third-order valence-electron chi connectivity index (χ3n) is 2.87. The van der Waals surface area contributed by atoms with Crippen molar-refractivity contribution in [3.05, 3.63) is 0 Å². The number of carbonyl (C=O) groups is 1. The van der Waals surface area contributed by atoms with Crippen LogP contribution >= 0.6 is 0 Å². The summed E-state index contributed by atoms with van der Waals surface area (Å²) in [6.45, 7) is 4.70. The van der Waals surface area contributed by atoms with Crippen molar-refractivity contribution in [2.24, 2.45) is 0 Å². The van der Waals surface area contributed by atoms with Gasteiger partial charge in [0.05, 0.1) is 13.2 Å². The topological polar surface area (TPSA) is 32.8 Å². The molecule has 80 valence electrons. The van der Waals surface area contributed by atoms with Crippen LogP contribution in [0.3, 0.4) is 0 Å². The first-order valence-corrected chi connectivity index (χ1v) is 5.52. The van der Waals surface area contributed by atoms with Gasteiger partial charge in [-0.1, -0.05) is 0 Å². The number of rotatable bonds is 3. The molecule has 2 fully saturated rings. The van der Waals surface area contributed by atoms with E-state index >= 15 is 0 Å². The van der Waals surface area contributed by atoms with Gasteiger partial charge in [-0.15, -0.1) is 0 Å². The minimum atomic E-state index is 0.148. The Morgan fingerprint density at radius 1 is 1.14 bits per heavy atom. The lowest BCUT2D eigenvalue weighted by atomic mass is 10.3. The van der Waals surface area contributed by atoms with Crippen molar-refractivity contribution >= 4 is 5.91 Å². The maximum Gasteiger partial charge on any atom is 0.247 e. The number of hydrogen-bond donors (Lipinski definition) is 0. The maximum atomic E-state index is 11.6. The fourth-order valence-electron chi connectivity index (χ4n) is 2.03. The predicted octanol–water partition coefficient (Wildman–Crippen LogP) is 0.636. The number of nitrogens with zero attached hydrogens (tertiary/aromatic N) is 2. The molecule has 1 amide bonds. The zero-order valence-corrected chi connectivity index (χ0v) is 8.57. The second-order valence-electron chi connectivity index (χ2n) is 3.98. The number of hydroxylamine groups is 2. The van der Waals surface area contributed by atoms with Crippen molar-refractivity contribution in [1.82, 2.24) is 9.96 Å². The number of likely N-dealkylation sites (tertiary alicyclic amines) is 1. The summed E-state index contributed by atoms with van der Waals surface area (Å²) in [7, 11) is 0. The SMILES string of the molecule is O=C(CCN1CCCC1)N1CCCO1. The van der Waals surface area contributed by atoms with E-state index in [2.05, 4.69) is 4.90 Å². The van der Waals surface area contributed by atoms with Crippen LogP contribution < -0.4 is 0 Å². The average Bonchev–Trinajstić information content (AvgIpc) is 2.87. The van der Waals surface area contributed by atoms with Gasteiger partial charge in [0.2, 0.25) is 5.91 Å². The molecule has 2 saturated heterocycles. The zero-order valence-electron chi connectivity index (χ0n) is 8.57. The summed E-state index contributed by atoms with van der Waals surface area (Å²) in [4.78, 5) is 19.1. The predicted molar refractivity (Wildman–Crippen MR) is 52.6 cm³/mol. The third-order valence-corrected chi connectivity index (χ3v) is 2.87. The average molecular weight is 198 g/mol. The Kier molecular flexibility index (Phi) is 3.37. The Morgan fingerprint density at radius 3 is 2.57 bits per heavy atom. The lowest BCUT2D eigenvalue weighted by molar-refractivity contribution is -0.168. The van der Waals surface area contributed by atoms with Crippen molar-refractivity contribution in [2.75, 3.05) is 32.8 Å². The van der Waals surface area contributed by atoms with Crippen molar-refractivity contribution in [1.29, 1.82) is 0 Å². The highest BCUT2D eigenvalue weighted by molar-refractivity contribution is 5.75. The van der Waals surface area contributed by atoms with E-state index in [1.807, 2.05) is 0 Å². The third kappa shape index (κ3) is 2.45. The van der Waals surface area contributed by atoms with Gasteiger partial charge >= 0.3 is 0 Å². The van der Waals surface area contributed by atoms with Crippen LogP contribution in [0.4, 0.5) is 0 Å². The van der Waals surface area contributed by atoms with Gasteiger partial charge in [0.1, 0.15) is 0 Å². The van der Waals surface area contributed by atoms with E-state index in [9.17, 15) is 4.79 Å². The molecule has 0 aromatic carbocycles. The first kappa shape index (κ1) is 9.93. The summed E-state index contributed by atoms with van der Waals surface area (Å²) in [5, 5.41) is 1.52. The summed E-state index contributed by atoms with van der Waals surface area (Å²) in [6.07, 6.45) is 4.16. The normalized spacial score (nSPS) is 23.3. The molecule has 0 spiro atoms. The highest BCUT2D eigenvalue weighted by Crippen LogP contribution is 2.10. The standard InChI is InChI=1S/C10H18N2O2/c13-10(12-7-3-9-14-12)4-8-11-5-1-2-6-11/h1-9H2. The molecule has 2 heterocycles. The lowest BCUT2D eigenvalue weighted by Gasteiger charge is -2.17. The molecule has 0 saturated carbocycles. The van der Waals surface area contributed by atoms with Crippen LogP contribution in [-0.4, -0.2) is 48.7 Å². The molecule has 2 aliphatic rings. The molecule has 0 aromatic heterocycles. The second-order valence-corrected chi connectivity index (χ2v) is 3.98. The smallest absolute Gasteiger partial charge is 0.247 e. The monoisotopic (exact) mass is 198 g/mol. The molecule has 2 aliphatic heterocycles. The van der Waals surface area contributed by atoms with Gasteiger partial charge in [0, 0.05) is 13.0 Å². The van der Waals surface area contributed by atoms with Crippen LogP contribution in [0.15, 0.2) is 0 Å². The summed E-state index contributed by atoms with van der Waals surface area (Å²) >= 11 is 0. The summed E-state index contributed by atoms with van der Waals surface area (Å²) < 4.78 is 0. The fourth-order valence-corrected chi connectivity index (χ4v) is 2.03. The molecule has 2 rings (SSSR count). The number of hydrogen-bond acceptors (Lipinski definition) is 3. The molecule has 0 aliphatic carbocycles. The zero-order chi connectivity index (χ0) is 9.80. The Bertz CT molecular complexity index is 196. The first-order valence-electron chi connectivity index (χ1n) is 5.52. The summed E-state index contributed by atoms with van der Waals surface area (Å²) in [5.74, 6) is 0.148. The second kappa shape index (κ2) is 4.75. The number of amides is 1. The van der Waals surface area contributed by atoms with E-state index in [4.69, 9.17) is 4.84 Å². The van der Waals surface area contributed by atoms with Crippen LogP contribution in [-0.2, 0) is 9.63 Å². The molecule has 0 N–H and O–H groups in total.